The molecule has 0 bridgehead atoms. The molecule has 3 aromatic heterocycles. The van der Waals surface area contributed by atoms with E-state index in [1.807, 2.05) is 0 Å². The summed E-state index contributed by atoms with van der Waals surface area (Å²) in [4.78, 5) is 53.9. The average Bonchev–Trinajstić information content (AvgIpc) is 3.70. The van der Waals surface area contributed by atoms with Gasteiger partial charge in [0, 0.05) is 78.2 Å². The smallest absolute Gasteiger partial charge is 0.331 e. The number of nitrogens with zero attached hydrogens (tertiary/aromatic N) is 12. The number of aliphatic hydroxyl groups is 3. The second-order valence-corrected chi connectivity index (χ2v) is 14.7. The van der Waals surface area contributed by atoms with E-state index in [0.29, 0.717) is 0 Å². The Morgan fingerprint density at radius 2 is 0.855 bits per heavy atom. The summed E-state index contributed by atoms with van der Waals surface area (Å²) in [5.41, 5.74) is 4.04. The summed E-state index contributed by atoms with van der Waals surface area (Å²) >= 11 is 0. The number of hydrogen-bond donors (Lipinski definition) is 4. The topological polar surface area (TPSA) is 296 Å². The Morgan fingerprint density at radius 1 is 0.600 bits per heavy atom. The predicted octanol–water partition coefficient (Wildman–Crippen LogP) is 0.216. The summed E-state index contributed by atoms with van der Waals surface area (Å²) in [6.07, 6.45) is 0.133. The Bertz CT molecular complexity index is 1730. The normalized spacial score (nSPS) is 26.5. The van der Waals surface area contributed by atoms with E-state index in [0.717, 1.165) is 18.6 Å². The van der Waals surface area contributed by atoms with Crippen LogP contribution < -0.4 is 20.4 Å². The largest absolute Gasteiger partial charge is 0.393 e. The van der Waals surface area contributed by atoms with Gasteiger partial charge in [0.2, 0.25) is 23.4 Å². The van der Waals surface area contributed by atoms with Crippen LogP contribution in [0.2, 0.25) is 0 Å². The molecule has 0 aromatic carbocycles. The highest BCUT2D eigenvalue weighted by molar-refractivity contribution is 5.82. The van der Waals surface area contributed by atoms with Crippen LogP contribution in [0.4, 0.5) is 34.5 Å². The molecule has 3 aromatic rings. The van der Waals surface area contributed by atoms with Crippen molar-refractivity contribution in [3.63, 3.8) is 0 Å². The number of anilines is 3. The van der Waals surface area contributed by atoms with Gasteiger partial charge in [-0.05, 0) is 38.5 Å². The van der Waals surface area contributed by atoms with Crippen LogP contribution in [0.25, 0.3) is 0 Å². The Kier molecular flexibility index (Phi) is 11.0. The lowest BCUT2D eigenvalue weighted by Crippen LogP contribution is -2.61. The van der Waals surface area contributed by atoms with Crippen LogP contribution in [0, 0.1) is 53.5 Å². The third-order valence-corrected chi connectivity index (χ3v) is 12.0. The molecule has 6 rings (SSSR count). The molecular formula is C32H47N13O10. The Balaban J connectivity index is 1.43. The fraction of sp³-hybridized carbons (Fsp3) is 0.688. The molecule has 23 nitrogen and oxygen atoms in total. The molecule has 0 spiro atoms. The van der Waals surface area contributed by atoms with E-state index in [4.69, 9.17) is 5.73 Å². The van der Waals surface area contributed by atoms with Gasteiger partial charge in [-0.15, -0.1) is 0 Å². The first kappa shape index (κ1) is 39.3. The second kappa shape index (κ2) is 15.4. The summed E-state index contributed by atoms with van der Waals surface area (Å²) < 4.78 is 4.11. The molecule has 23 heteroatoms. The average molecular weight is 774 g/mol. The maximum atomic E-state index is 14.6. The molecule has 3 aliphatic rings. The fourth-order valence-electron chi connectivity index (χ4n) is 9.69. The highest BCUT2D eigenvalue weighted by atomic mass is 16.6. The van der Waals surface area contributed by atoms with Gasteiger partial charge in [-0.1, -0.05) is 0 Å². The maximum absolute atomic E-state index is 14.6. The molecule has 0 radical (unpaired) electrons. The Labute approximate surface area is 314 Å². The van der Waals surface area contributed by atoms with Crippen molar-refractivity contribution in [2.75, 3.05) is 54.0 Å². The van der Waals surface area contributed by atoms with Crippen LogP contribution >= 0.6 is 0 Å². The molecule has 0 saturated carbocycles. The van der Waals surface area contributed by atoms with Crippen molar-refractivity contribution >= 4 is 40.4 Å². The lowest BCUT2D eigenvalue weighted by Gasteiger charge is -2.52. The summed E-state index contributed by atoms with van der Waals surface area (Å²) in [7, 11) is 4.69. The standard InChI is InChI=1S/C32H47N13O10/c1-37-28(22(16-34-37)43(50)51)40-10-4-19(25(46)7-13-40)32(31(33)49,20-5-11-41(14-8-26(20)47)29-23(44(52)53)17-35-38(29)2)21-6-12-42(15-9-27(21)48)30-24(45(54)55)18-36-39(30)3/h16-21,25-27,46-48H,4-15H2,1-3H3,(H2,33,49). The van der Waals surface area contributed by atoms with Crippen molar-refractivity contribution in [2.24, 2.45) is 50.0 Å². The maximum Gasteiger partial charge on any atom is 0.331 e. The highest BCUT2D eigenvalue weighted by Gasteiger charge is 2.61. The number of nitro groups is 3. The van der Waals surface area contributed by atoms with Gasteiger partial charge in [-0.25, -0.2) is 14.0 Å². The number of primary amides is 1. The summed E-state index contributed by atoms with van der Waals surface area (Å²) in [6.45, 7) is 0.853. The first-order chi connectivity index (χ1) is 26.1. The van der Waals surface area contributed by atoms with Crippen molar-refractivity contribution in [3.05, 3.63) is 48.9 Å². The Hall–Kier alpha value is -5.42. The SMILES string of the molecule is Cn1ncc([N+](=O)[O-])c1N1CCC(O)C(C(C(N)=O)(C2CCN(c3c([N+](=O)[O-])cnn3C)CCC2O)C2CCN(c3c([N+](=O)[O-])cnn3C)CCC2O)CC1. The van der Waals surface area contributed by atoms with Gasteiger partial charge in [0.05, 0.1) is 38.5 Å². The number of nitrogens with two attached hydrogens (primary N) is 1. The predicted molar refractivity (Wildman–Crippen MR) is 194 cm³/mol. The second-order valence-electron chi connectivity index (χ2n) is 14.7. The van der Waals surface area contributed by atoms with Crippen LogP contribution in [0.1, 0.15) is 38.5 Å². The monoisotopic (exact) mass is 773 g/mol. The van der Waals surface area contributed by atoms with Crippen LogP contribution in [0.3, 0.4) is 0 Å². The summed E-state index contributed by atoms with van der Waals surface area (Å²) in [6, 6.07) is 0. The van der Waals surface area contributed by atoms with Crippen molar-refractivity contribution in [1.29, 1.82) is 0 Å². The van der Waals surface area contributed by atoms with Gasteiger partial charge in [-0.3, -0.25) is 35.1 Å². The molecule has 6 heterocycles. The van der Waals surface area contributed by atoms with Gasteiger partial charge in [0.25, 0.3) is 0 Å². The zero-order chi connectivity index (χ0) is 39.9. The van der Waals surface area contributed by atoms with Crippen LogP contribution in [-0.4, -0.2) is 123 Å². The number of amides is 1. The van der Waals surface area contributed by atoms with E-state index in [9.17, 15) is 50.5 Å². The third-order valence-electron chi connectivity index (χ3n) is 12.0. The highest BCUT2D eigenvalue weighted by Crippen LogP contribution is 2.55. The van der Waals surface area contributed by atoms with Crippen molar-refractivity contribution in [1.82, 2.24) is 29.3 Å². The summed E-state index contributed by atoms with van der Waals surface area (Å²) in [5.74, 6) is -3.13. The van der Waals surface area contributed by atoms with Crippen molar-refractivity contribution in [2.45, 2.75) is 56.8 Å². The number of carbonyl (C=O) groups excluding carboxylic acids is 1. The molecule has 300 valence electrons. The molecule has 3 saturated heterocycles. The van der Waals surface area contributed by atoms with E-state index in [-0.39, 0.29) is 112 Å². The lowest BCUT2D eigenvalue weighted by molar-refractivity contribution is -0.384. The van der Waals surface area contributed by atoms with Gasteiger partial charge < -0.3 is 35.8 Å². The number of hydrogen-bond acceptors (Lipinski definition) is 16. The molecule has 5 N–H and O–H groups in total. The molecule has 1 amide bonds. The number of rotatable bonds is 10. The molecule has 3 fully saturated rings. The van der Waals surface area contributed by atoms with Crippen molar-refractivity contribution in [3.8, 4) is 0 Å². The van der Waals surface area contributed by atoms with E-state index in [1.165, 1.54) is 14.0 Å². The fourth-order valence-corrected chi connectivity index (χ4v) is 9.69. The van der Waals surface area contributed by atoms with E-state index in [2.05, 4.69) is 15.3 Å². The molecule has 55 heavy (non-hydrogen) atoms. The van der Waals surface area contributed by atoms with Crippen LogP contribution in [0.5, 0.6) is 0 Å². The quantitative estimate of drug-likeness (QED) is 0.158. The number of aryl methyl sites for hydroxylation is 3. The van der Waals surface area contributed by atoms with Gasteiger partial charge in [0.15, 0.2) is 0 Å². The summed E-state index contributed by atoms with van der Waals surface area (Å²) in [5, 5.41) is 84.3. The first-order valence-corrected chi connectivity index (χ1v) is 18.2. The zero-order valence-corrected chi connectivity index (χ0v) is 30.8. The van der Waals surface area contributed by atoms with Gasteiger partial charge >= 0.3 is 17.1 Å². The first-order valence-electron chi connectivity index (χ1n) is 18.2. The molecule has 3 aliphatic heterocycles. The Morgan fingerprint density at radius 3 is 1.09 bits per heavy atom. The van der Waals surface area contributed by atoms with Gasteiger partial charge in [-0.2, -0.15) is 15.3 Å². The lowest BCUT2D eigenvalue weighted by atomic mass is 9.52. The minimum absolute atomic E-state index is 0.0499. The third kappa shape index (κ3) is 6.90. The van der Waals surface area contributed by atoms with E-state index >= 15 is 0 Å². The van der Waals surface area contributed by atoms with Crippen LogP contribution in [0.15, 0.2) is 18.6 Å². The van der Waals surface area contributed by atoms with Crippen molar-refractivity contribution < 1.29 is 34.9 Å². The number of aromatic nitrogens is 6. The molecule has 0 aliphatic carbocycles. The number of carbonyl (C=O) groups is 1. The number of aliphatic hydroxyl groups excluding tert-OH is 3. The van der Waals surface area contributed by atoms with E-state index in [1.54, 1.807) is 35.8 Å². The minimum atomic E-state index is -1.80. The minimum Gasteiger partial charge on any atom is -0.393 e. The zero-order valence-electron chi connectivity index (χ0n) is 30.8. The molecular weight excluding hydrogens is 726 g/mol. The van der Waals surface area contributed by atoms with Gasteiger partial charge in [0.1, 0.15) is 18.6 Å². The molecule has 6 atom stereocenters. The molecule has 6 unspecified atom stereocenters. The van der Waals surface area contributed by atoms with E-state index < -0.39 is 62.2 Å². The van der Waals surface area contributed by atoms with Crippen LogP contribution in [-0.2, 0) is 25.9 Å².